The van der Waals surface area contributed by atoms with Gasteiger partial charge in [0.1, 0.15) is 11.5 Å². The molecule has 2 N–H and O–H groups in total. The Bertz CT molecular complexity index is 650. The third-order valence-electron chi connectivity index (χ3n) is 2.64. The van der Waals surface area contributed by atoms with Gasteiger partial charge in [-0.15, -0.1) is 0 Å². The molecule has 0 fully saturated rings. The van der Waals surface area contributed by atoms with Crippen molar-refractivity contribution in [1.82, 2.24) is 5.16 Å². The Kier molecular flexibility index (Phi) is 3.48. The molecule has 0 atom stereocenters. The second-order valence-corrected chi connectivity index (χ2v) is 4.65. The van der Waals surface area contributed by atoms with E-state index in [9.17, 15) is 9.90 Å². The maximum atomic E-state index is 10.8. The van der Waals surface area contributed by atoms with E-state index in [0.717, 1.165) is 0 Å². The molecule has 0 saturated heterocycles. The number of carbonyl (C=O) groups is 1. The molecule has 0 unspecified atom stereocenters. The van der Waals surface area contributed by atoms with E-state index in [2.05, 4.69) is 21.1 Å². The maximum absolute atomic E-state index is 10.8. The number of nitrogens with zero attached hydrogens (tertiary/aromatic N) is 1. The van der Waals surface area contributed by atoms with Gasteiger partial charge in [0.15, 0.2) is 11.5 Å². The van der Waals surface area contributed by atoms with Gasteiger partial charge in [-0.1, -0.05) is 5.16 Å². The van der Waals surface area contributed by atoms with Crippen LogP contribution in [-0.2, 0) is 0 Å². The number of rotatable bonds is 3. The molecule has 100 valence electrons. The van der Waals surface area contributed by atoms with Gasteiger partial charge in [-0.05, 0) is 28.9 Å². The largest absolute Gasteiger partial charge is 0.507 e. The number of aromatic nitrogens is 1. The molecule has 19 heavy (non-hydrogen) atoms. The fourth-order valence-corrected chi connectivity index (χ4v) is 2.38. The van der Waals surface area contributed by atoms with Crippen molar-refractivity contribution < 1.29 is 24.3 Å². The van der Waals surface area contributed by atoms with Crippen LogP contribution in [-0.4, -0.2) is 28.4 Å². The molecule has 0 spiro atoms. The number of carboxylic acids is 1. The molecule has 1 aromatic carbocycles. The minimum absolute atomic E-state index is 0.0480. The van der Waals surface area contributed by atoms with Crippen molar-refractivity contribution in [2.75, 3.05) is 7.11 Å². The van der Waals surface area contributed by atoms with Gasteiger partial charge in [0.25, 0.3) is 0 Å². The molecule has 0 saturated carbocycles. The highest BCUT2D eigenvalue weighted by Crippen LogP contribution is 2.42. The molecule has 6 nitrogen and oxygen atoms in total. The number of hydrogen-bond acceptors (Lipinski definition) is 5. The van der Waals surface area contributed by atoms with Crippen molar-refractivity contribution in [1.29, 1.82) is 0 Å². The van der Waals surface area contributed by atoms with Crippen LogP contribution in [0.3, 0.4) is 0 Å². The van der Waals surface area contributed by atoms with Crippen LogP contribution in [0.5, 0.6) is 11.5 Å². The van der Waals surface area contributed by atoms with Crippen LogP contribution < -0.4 is 4.74 Å². The summed E-state index contributed by atoms with van der Waals surface area (Å²) >= 11 is 3.31. The number of aromatic carboxylic acids is 1. The summed E-state index contributed by atoms with van der Waals surface area (Å²) in [5, 5.41) is 22.3. The highest BCUT2D eigenvalue weighted by atomic mass is 79.9. The van der Waals surface area contributed by atoms with Crippen molar-refractivity contribution in [3.05, 3.63) is 27.9 Å². The summed E-state index contributed by atoms with van der Waals surface area (Å²) in [5.74, 6) is -0.576. The first-order valence-electron chi connectivity index (χ1n) is 5.22. The van der Waals surface area contributed by atoms with Crippen LogP contribution in [0.2, 0.25) is 0 Å². The van der Waals surface area contributed by atoms with E-state index in [4.69, 9.17) is 14.4 Å². The van der Waals surface area contributed by atoms with E-state index >= 15 is 0 Å². The van der Waals surface area contributed by atoms with Crippen LogP contribution in [0.1, 0.15) is 16.1 Å². The van der Waals surface area contributed by atoms with Gasteiger partial charge in [-0.2, -0.15) is 0 Å². The molecule has 7 heteroatoms. The summed E-state index contributed by atoms with van der Waals surface area (Å²) in [6.45, 7) is 1.68. The highest BCUT2D eigenvalue weighted by molar-refractivity contribution is 9.10. The lowest BCUT2D eigenvalue weighted by molar-refractivity contribution is 0.0686. The fourth-order valence-electron chi connectivity index (χ4n) is 1.69. The van der Waals surface area contributed by atoms with E-state index < -0.39 is 5.97 Å². The number of hydrogen-bond donors (Lipinski definition) is 2. The van der Waals surface area contributed by atoms with Gasteiger partial charge in [-0.3, -0.25) is 0 Å². The molecule has 1 heterocycles. The summed E-state index contributed by atoms with van der Waals surface area (Å²) in [6.07, 6.45) is 0. The average molecular weight is 328 g/mol. The summed E-state index contributed by atoms with van der Waals surface area (Å²) in [6, 6.07) is 2.82. The third-order valence-corrected chi connectivity index (χ3v) is 3.23. The number of methoxy groups -OCH3 is 1. The van der Waals surface area contributed by atoms with E-state index in [1.54, 1.807) is 13.0 Å². The molecule has 2 rings (SSSR count). The Morgan fingerprint density at radius 3 is 2.68 bits per heavy atom. The van der Waals surface area contributed by atoms with Crippen LogP contribution in [0.4, 0.5) is 0 Å². The zero-order valence-corrected chi connectivity index (χ0v) is 11.7. The van der Waals surface area contributed by atoms with Crippen molar-refractivity contribution >= 4 is 21.9 Å². The molecule has 0 bridgehead atoms. The second kappa shape index (κ2) is 4.93. The lowest BCUT2D eigenvalue weighted by atomic mass is 10.1. The summed E-state index contributed by atoms with van der Waals surface area (Å²) in [4.78, 5) is 10.8. The van der Waals surface area contributed by atoms with Crippen molar-refractivity contribution in [3.63, 3.8) is 0 Å². The Labute approximate surface area is 116 Å². The summed E-state index contributed by atoms with van der Waals surface area (Å²) in [7, 11) is 1.49. The Balaban J connectivity index is 2.59. The zero-order valence-electron chi connectivity index (χ0n) is 10.1. The standard InChI is InChI=1S/C12H10BrNO5/c1-5-10(15)6(3-7(13)11(5)18-2)9-4-8(12(16)17)14-19-9/h3-4,15H,1-2H3,(H,16,17). The van der Waals surface area contributed by atoms with Crippen LogP contribution in [0.25, 0.3) is 11.3 Å². The minimum Gasteiger partial charge on any atom is -0.507 e. The smallest absolute Gasteiger partial charge is 0.358 e. The SMILES string of the molecule is COc1c(Br)cc(-c2cc(C(=O)O)no2)c(O)c1C. The lowest BCUT2D eigenvalue weighted by Gasteiger charge is -2.11. The number of benzene rings is 1. The van der Waals surface area contributed by atoms with Crippen molar-refractivity contribution in [2.24, 2.45) is 0 Å². The second-order valence-electron chi connectivity index (χ2n) is 3.79. The average Bonchev–Trinajstić information content (AvgIpc) is 2.84. The number of ether oxygens (including phenoxy) is 1. The minimum atomic E-state index is -1.20. The highest BCUT2D eigenvalue weighted by Gasteiger charge is 2.19. The van der Waals surface area contributed by atoms with Gasteiger partial charge in [-0.25, -0.2) is 4.79 Å². The molecular weight excluding hydrogens is 318 g/mol. The van der Waals surface area contributed by atoms with Gasteiger partial charge < -0.3 is 19.5 Å². The molecule has 0 radical (unpaired) electrons. The molecule has 0 amide bonds. The van der Waals surface area contributed by atoms with Gasteiger partial charge in [0, 0.05) is 11.6 Å². The van der Waals surface area contributed by atoms with Crippen LogP contribution >= 0.6 is 15.9 Å². The monoisotopic (exact) mass is 327 g/mol. The number of halogens is 1. The first-order chi connectivity index (χ1) is 8.95. The Hall–Kier alpha value is -2.02. The molecule has 1 aromatic heterocycles. The normalized spacial score (nSPS) is 10.5. The Morgan fingerprint density at radius 1 is 1.47 bits per heavy atom. The summed E-state index contributed by atoms with van der Waals surface area (Å²) in [5.41, 5.74) is 0.629. The lowest BCUT2D eigenvalue weighted by Crippen LogP contribution is -1.94. The number of carboxylic acid groups (broad SMARTS) is 1. The van der Waals surface area contributed by atoms with Gasteiger partial charge in [0.05, 0.1) is 17.1 Å². The van der Waals surface area contributed by atoms with Gasteiger partial charge in [0.2, 0.25) is 0 Å². The molecule has 2 aromatic rings. The maximum Gasteiger partial charge on any atom is 0.358 e. The van der Waals surface area contributed by atoms with Crippen molar-refractivity contribution in [3.8, 4) is 22.8 Å². The topological polar surface area (TPSA) is 92.8 Å². The molecular formula is C12H10BrNO5. The fraction of sp³-hybridized carbons (Fsp3) is 0.167. The van der Waals surface area contributed by atoms with E-state index in [-0.39, 0.29) is 17.2 Å². The quantitative estimate of drug-likeness (QED) is 0.900. The first-order valence-corrected chi connectivity index (χ1v) is 6.01. The van der Waals surface area contributed by atoms with Crippen LogP contribution in [0, 0.1) is 6.92 Å². The van der Waals surface area contributed by atoms with E-state index in [0.29, 0.717) is 21.3 Å². The van der Waals surface area contributed by atoms with Gasteiger partial charge >= 0.3 is 5.97 Å². The number of phenolic OH excluding ortho intramolecular Hbond substituents is 1. The Morgan fingerprint density at radius 2 is 2.16 bits per heavy atom. The molecule has 0 aliphatic carbocycles. The molecule has 0 aliphatic heterocycles. The number of aromatic hydroxyl groups is 1. The predicted molar refractivity (Wildman–Crippen MR) is 69.6 cm³/mol. The summed E-state index contributed by atoms with van der Waals surface area (Å²) < 4.78 is 10.7. The van der Waals surface area contributed by atoms with E-state index in [1.165, 1.54) is 13.2 Å². The first kappa shape index (κ1) is 13.4. The third kappa shape index (κ3) is 2.28. The van der Waals surface area contributed by atoms with Crippen LogP contribution in [0.15, 0.2) is 21.1 Å². The predicted octanol–water partition coefficient (Wildman–Crippen LogP) is 2.82. The zero-order chi connectivity index (χ0) is 14.2. The molecule has 0 aliphatic rings. The van der Waals surface area contributed by atoms with E-state index in [1.807, 2.05) is 0 Å². The van der Waals surface area contributed by atoms with Crippen molar-refractivity contribution in [2.45, 2.75) is 6.92 Å². The number of phenols is 1.